The van der Waals surface area contributed by atoms with Gasteiger partial charge >= 0.3 is 0 Å². The Morgan fingerprint density at radius 3 is 2.58 bits per heavy atom. The molecule has 0 aliphatic carbocycles. The number of halogens is 1. The standard InChI is InChI=1S/C17H19N3O2S.ClH/c18-14-7-8-20(11-14)17(22)13-5-3-12(4-6-13)10-19-16(21)15-2-1-9-23-15;/h1-6,9,14H,7-8,10-11,18H2,(H,19,21);1H/t14-;/m1./s1. The Morgan fingerprint density at radius 2 is 2.00 bits per heavy atom. The number of hydrogen-bond acceptors (Lipinski definition) is 4. The van der Waals surface area contributed by atoms with Crippen LogP contribution in [0.5, 0.6) is 0 Å². The summed E-state index contributed by atoms with van der Waals surface area (Å²) in [5, 5.41) is 4.75. The number of thiophene rings is 1. The van der Waals surface area contributed by atoms with Crippen LogP contribution in [-0.4, -0.2) is 35.8 Å². The zero-order valence-electron chi connectivity index (χ0n) is 13.1. The normalized spacial score (nSPS) is 16.5. The first-order valence-electron chi connectivity index (χ1n) is 7.59. The summed E-state index contributed by atoms with van der Waals surface area (Å²) in [6.07, 6.45) is 0.860. The summed E-state index contributed by atoms with van der Waals surface area (Å²) >= 11 is 1.41. The van der Waals surface area contributed by atoms with Crippen molar-refractivity contribution in [1.29, 1.82) is 0 Å². The number of carbonyl (C=O) groups is 2. The minimum absolute atomic E-state index is 0. The van der Waals surface area contributed by atoms with Gasteiger partial charge in [-0.15, -0.1) is 23.7 Å². The number of nitrogens with two attached hydrogens (primary N) is 1. The number of nitrogens with zero attached hydrogens (tertiary/aromatic N) is 1. The molecule has 0 saturated carbocycles. The SMILES string of the molecule is Cl.N[C@@H]1CCN(C(=O)c2ccc(CNC(=O)c3cccs3)cc2)C1. The fourth-order valence-electron chi connectivity index (χ4n) is 2.60. The van der Waals surface area contributed by atoms with Crippen molar-refractivity contribution in [1.82, 2.24) is 10.2 Å². The van der Waals surface area contributed by atoms with Crippen molar-refractivity contribution in [2.24, 2.45) is 5.73 Å². The van der Waals surface area contributed by atoms with Crippen molar-refractivity contribution < 1.29 is 9.59 Å². The van der Waals surface area contributed by atoms with Gasteiger partial charge in [0.25, 0.3) is 11.8 Å². The molecule has 0 bridgehead atoms. The monoisotopic (exact) mass is 365 g/mol. The molecule has 7 heteroatoms. The van der Waals surface area contributed by atoms with Gasteiger partial charge in [0.2, 0.25) is 0 Å². The highest BCUT2D eigenvalue weighted by atomic mass is 35.5. The second-order valence-electron chi connectivity index (χ2n) is 5.66. The van der Waals surface area contributed by atoms with E-state index in [1.165, 1.54) is 11.3 Å². The second-order valence-corrected chi connectivity index (χ2v) is 6.60. The number of likely N-dealkylation sites (tertiary alicyclic amines) is 1. The van der Waals surface area contributed by atoms with Crippen molar-refractivity contribution in [3.63, 3.8) is 0 Å². The van der Waals surface area contributed by atoms with Gasteiger partial charge in [-0.1, -0.05) is 18.2 Å². The molecule has 3 N–H and O–H groups in total. The Bertz CT molecular complexity index is 688. The lowest BCUT2D eigenvalue weighted by Gasteiger charge is -2.16. The molecule has 1 aromatic heterocycles. The summed E-state index contributed by atoms with van der Waals surface area (Å²) in [6, 6.07) is 11.1. The molecule has 0 spiro atoms. The Balaban J connectivity index is 0.00000208. The Labute approximate surface area is 151 Å². The largest absolute Gasteiger partial charge is 0.347 e. The molecule has 1 saturated heterocycles. The third-order valence-electron chi connectivity index (χ3n) is 3.91. The molecule has 2 amide bonds. The minimum Gasteiger partial charge on any atom is -0.347 e. The van der Waals surface area contributed by atoms with E-state index in [2.05, 4.69) is 5.32 Å². The summed E-state index contributed by atoms with van der Waals surface area (Å²) in [5.41, 5.74) is 7.46. The number of benzene rings is 1. The average molecular weight is 366 g/mol. The third kappa shape index (κ3) is 4.35. The number of carbonyl (C=O) groups excluding carboxylic acids is 2. The molecule has 0 radical (unpaired) electrons. The molecule has 24 heavy (non-hydrogen) atoms. The predicted molar refractivity (Wildman–Crippen MR) is 97.7 cm³/mol. The van der Waals surface area contributed by atoms with Gasteiger partial charge in [-0.3, -0.25) is 9.59 Å². The van der Waals surface area contributed by atoms with Gasteiger partial charge in [0, 0.05) is 31.2 Å². The van der Waals surface area contributed by atoms with E-state index < -0.39 is 0 Å². The molecule has 1 aliphatic rings. The quantitative estimate of drug-likeness (QED) is 0.872. The molecular weight excluding hydrogens is 346 g/mol. The van der Waals surface area contributed by atoms with Crippen LogP contribution in [0.15, 0.2) is 41.8 Å². The molecule has 1 fully saturated rings. The van der Waals surface area contributed by atoms with Crippen molar-refractivity contribution in [3.05, 3.63) is 57.8 Å². The molecule has 5 nitrogen and oxygen atoms in total. The fourth-order valence-corrected chi connectivity index (χ4v) is 3.24. The number of amides is 2. The lowest BCUT2D eigenvalue weighted by atomic mass is 10.1. The predicted octanol–water partition coefficient (Wildman–Crippen LogP) is 2.27. The fraction of sp³-hybridized carbons (Fsp3) is 0.294. The lowest BCUT2D eigenvalue weighted by molar-refractivity contribution is 0.0790. The van der Waals surface area contributed by atoms with Crippen molar-refractivity contribution in [2.75, 3.05) is 13.1 Å². The molecule has 2 aromatic rings. The first kappa shape index (κ1) is 18.4. The van der Waals surface area contributed by atoms with Gasteiger partial charge in [0.1, 0.15) is 0 Å². The maximum Gasteiger partial charge on any atom is 0.261 e. The van der Waals surface area contributed by atoms with E-state index in [0.29, 0.717) is 23.5 Å². The molecule has 2 heterocycles. The van der Waals surface area contributed by atoms with E-state index in [4.69, 9.17) is 5.73 Å². The number of nitrogens with one attached hydrogen (secondary N) is 1. The Morgan fingerprint density at radius 1 is 1.25 bits per heavy atom. The summed E-state index contributed by atoms with van der Waals surface area (Å²) in [5.74, 6) is -0.0571. The van der Waals surface area contributed by atoms with Crippen LogP contribution >= 0.6 is 23.7 Å². The van der Waals surface area contributed by atoms with E-state index in [0.717, 1.165) is 18.5 Å². The van der Waals surface area contributed by atoms with Crippen LogP contribution in [0.3, 0.4) is 0 Å². The lowest BCUT2D eigenvalue weighted by Crippen LogP contribution is -2.31. The van der Waals surface area contributed by atoms with Gasteiger partial charge in [-0.2, -0.15) is 0 Å². The van der Waals surface area contributed by atoms with Crippen LogP contribution in [0.2, 0.25) is 0 Å². The summed E-state index contributed by atoms with van der Waals surface area (Å²) in [6.45, 7) is 1.79. The highest BCUT2D eigenvalue weighted by Gasteiger charge is 2.24. The van der Waals surface area contributed by atoms with Gasteiger partial charge in [-0.25, -0.2) is 0 Å². The van der Waals surface area contributed by atoms with Crippen molar-refractivity contribution in [3.8, 4) is 0 Å². The highest BCUT2D eigenvalue weighted by Crippen LogP contribution is 2.14. The van der Waals surface area contributed by atoms with Crippen LogP contribution in [-0.2, 0) is 6.54 Å². The molecule has 128 valence electrons. The highest BCUT2D eigenvalue weighted by molar-refractivity contribution is 7.12. The maximum absolute atomic E-state index is 12.3. The van der Waals surface area contributed by atoms with Gasteiger partial charge < -0.3 is 16.0 Å². The summed E-state index contributed by atoms with van der Waals surface area (Å²) < 4.78 is 0. The van der Waals surface area contributed by atoms with Crippen LogP contribution < -0.4 is 11.1 Å². The van der Waals surface area contributed by atoms with Crippen LogP contribution in [0.1, 0.15) is 32.0 Å². The van der Waals surface area contributed by atoms with E-state index in [-0.39, 0.29) is 30.3 Å². The van der Waals surface area contributed by atoms with Crippen molar-refractivity contribution in [2.45, 2.75) is 19.0 Å². The van der Waals surface area contributed by atoms with Gasteiger partial charge in [-0.05, 0) is 35.6 Å². The molecular formula is C17H20ClN3O2S. The summed E-state index contributed by atoms with van der Waals surface area (Å²) in [7, 11) is 0. The topological polar surface area (TPSA) is 75.4 Å². The first-order chi connectivity index (χ1) is 11.1. The van der Waals surface area contributed by atoms with Crippen LogP contribution in [0.25, 0.3) is 0 Å². The van der Waals surface area contributed by atoms with Crippen LogP contribution in [0, 0.1) is 0 Å². The zero-order valence-corrected chi connectivity index (χ0v) is 14.7. The first-order valence-corrected chi connectivity index (χ1v) is 8.47. The van der Waals surface area contributed by atoms with E-state index in [1.54, 1.807) is 23.1 Å². The van der Waals surface area contributed by atoms with Gasteiger partial charge in [0.05, 0.1) is 4.88 Å². The molecule has 1 aliphatic heterocycles. The number of rotatable bonds is 4. The van der Waals surface area contributed by atoms with E-state index >= 15 is 0 Å². The smallest absolute Gasteiger partial charge is 0.261 e. The Kier molecular flexibility index (Phi) is 6.36. The van der Waals surface area contributed by atoms with E-state index in [1.807, 2.05) is 23.6 Å². The maximum atomic E-state index is 12.3. The van der Waals surface area contributed by atoms with Gasteiger partial charge in [0.15, 0.2) is 0 Å². The zero-order chi connectivity index (χ0) is 16.2. The molecule has 1 aromatic carbocycles. The molecule has 0 unspecified atom stereocenters. The third-order valence-corrected chi connectivity index (χ3v) is 4.78. The number of hydrogen-bond donors (Lipinski definition) is 2. The van der Waals surface area contributed by atoms with E-state index in [9.17, 15) is 9.59 Å². The minimum atomic E-state index is -0.0776. The molecule has 3 rings (SSSR count). The average Bonchev–Trinajstić information content (AvgIpc) is 3.24. The molecule has 1 atom stereocenters. The second kappa shape index (κ2) is 8.28. The van der Waals surface area contributed by atoms with Crippen LogP contribution in [0.4, 0.5) is 0 Å². The Hall–Kier alpha value is -1.89. The van der Waals surface area contributed by atoms with Crippen molar-refractivity contribution >= 4 is 35.6 Å². The summed E-state index contributed by atoms with van der Waals surface area (Å²) in [4.78, 5) is 26.7.